The fraction of sp³-hybridized carbons (Fsp3) is 0.190. The van der Waals surface area contributed by atoms with Crippen LogP contribution in [0.1, 0.15) is 28.7 Å². The molecule has 3 aromatic rings. The average molecular weight is 424 g/mol. The highest BCUT2D eigenvalue weighted by Gasteiger charge is 2.35. The Kier molecular flexibility index (Phi) is 5.69. The lowest BCUT2D eigenvalue weighted by Gasteiger charge is -2.19. The molecule has 0 spiro atoms. The van der Waals surface area contributed by atoms with Crippen LogP contribution in [0, 0.1) is 11.3 Å². The molecule has 29 heavy (non-hydrogen) atoms. The number of nitriles is 1. The van der Waals surface area contributed by atoms with Crippen LogP contribution in [-0.4, -0.2) is 29.5 Å². The zero-order chi connectivity index (χ0) is 20.2. The molecular formula is C21H17N3O3S2. The maximum atomic E-state index is 13.0. The molecule has 0 fully saturated rings. The maximum absolute atomic E-state index is 13.0. The number of hydrazone groups is 1. The van der Waals surface area contributed by atoms with E-state index in [4.69, 9.17) is 9.15 Å². The molecule has 146 valence electrons. The summed E-state index contributed by atoms with van der Waals surface area (Å²) in [5, 5.41) is 17.5. The molecule has 0 radical (unpaired) electrons. The van der Waals surface area contributed by atoms with Gasteiger partial charge in [0.15, 0.2) is 0 Å². The number of hydrogen-bond acceptors (Lipinski definition) is 7. The van der Waals surface area contributed by atoms with Gasteiger partial charge in [-0.25, -0.2) is 5.01 Å². The van der Waals surface area contributed by atoms with Crippen LogP contribution in [0.3, 0.4) is 0 Å². The smallest absolute Gasteiger partial charge is 0.253 e. The number of furan rings is 1. The van der Waals surface area contributed by atoms with Gasteiger partial charge in [-0.1, -0.05) is 6.07 Å². The Bertz CT molecular complexity index is 1070. The number of amides is 1. The van der Waals surface area contributed by atoms with Crippen LogP contribution < -0.4 is 4.74 Å². The van der Waals surface area contributed by atoms with Crippen LogP contribution in [0.4, 0.5) is 0 Å². The van der Waals surface area contributed by atoms with Crippen LogP contribution in [0.15, 0.2) is 68.5 Å². The topological polar surface area (TPSA) is 78.8 Å². The van der Waals surface area contributed by atoms with Crippen LogP contribution in [0.25, 0.3) is 0 Å². The number of methoxy groups -OCH3 is 1. The molecule has 1 aliphatic rings. The lowest BCUT2D eigenvalue weighted by Crippen LogP contribution is -2.28. The first-order valence-corrected chi connectivity index (χ1v) is 10.7. The Morgan fingerprint density at radius 2 is 2.31 bits per heavy atom. The fourth-order valence-corrected chi connectivity index (χ4v) is 4.65. The number of thiophene rings is 1. The van der Waals surface area contributed by atoms with Gasteiger partial charge in [0.25, 0.3) is 5.91 Å². The minimum Gasteiger partial charge on any atom is -0.497 e. The number of nitrogens with zero attached hydrogens (tertiary/aromatic N) is 3. The molecular weight excluding hydrogens is 406 g/mol. The second-order valence-corrected chi connectivity index (χ2v) is 8.23. The van der Waals surface area contributed by atoms with Gasteiger partial charge in [-0.3, -0.25) is 4.79 Å². The lowest BCUT2D eigenvalue weighted by molar-refractivity contribution is -0.130. The van der Waals surface area contributed by atoms with Gasteiger partial charge in [0.1, 0.15) is 23.6 Å². The summed E-state index contributed by atoms with van der Waals surface area (Å²) < 4.78 is 10.7. The largest absolute Gasteiger partial charge is 0.497 e. The number of thioether (sulfide) groups is 1. The van der Waals surface area contributed by atoms with Crippen molar-refractivity contribution in [1.29, 1.82) is 5.26 Å². The third-order valence-corrected chi connectivity index (χ3v) is 6.48. The van der Waals surface area contributed by atoms with Crippen molar-refractivity contribution in [3.63, 3.8) is 0 Å². The minimum absolute atomic E-state index is 0.136. The number of hydrogen-bond donors (Lipinski definition) is 0. The van der Waals surface area contributed by atoms with Crippen LogP contribution >= 0.6 is 23.1 Å². The molecule has 4 rings (SSSR count). The summed E-state index contributed by atoms with van der Waals surface area (Å²) in [6.45, 7) is 0. The molecule has 0 saturated heterocycles. The molecule has 6 nitrogen and oxygen atoms in total. The van der Waals surface area contributed by atoms with Gasteiger partial charge in [-0.15, -0.1) is 23.1 Å². The highest BCUT2D eigenvalue weighted by atomic mass is 32.2. The van der Waals surface area contributed by atoms with E-state index in [0.717, 1.165) is 15.5 Å². The lowest BCUT2D eigenvalue weighted by atomic mass is 10.1. The first-order valence-electron chi connectivity index (χ1n) is 8.87. The fourth-order valence-electron chi connectivity index (χ4n) is 3.09. The van der Waals surface area contributed by atoms with Crippen molar-refractivity contribution in [2.24, 2.45) is 5.10 Å². The van der Waals surface area contributed by atoms with Crippen molar-refractivity contribution in [3.05, 3.63) is 70.3 Å². The van der Waals surface area contributed by atoms with Crippen molar-refractivity contribution in [2.75, 3.05) is 12.9 Å². The predicted octanol–water partition coefficient (Wildman–Crippen LogP) is 4.69. The number of benzene rings is 1. The predicted molar refractivity (Wildman–Crippen MR) is 112 cm³/mol. The Morgan fingerprint density at radius 1 is 1.41 bits per heavy atom. The van der Waals surface area contributed by atoms with E-state index in [-0.39, 0.29) is 17.7 Å². The minimum atomic E-state index is -0.262. The summed E-state index contributed by atoms with van der Waals surface area (Å²) in [5.41, 5.74) is 1.36. The summed E-state index contributed by atoms with van der Waals surface area (Å²) >= 11 is 2.92. The van der Waals surface area contributed by atoms with Crippen LogP contribution in [0.2, 0.25) is 0 Å². The number of rotatable bonds is 6. The molecule has 8 heteroatoms. The molecule has 1 unspecified atom stereocenters. The first-order chi connectivity index (χ1) is 14.2. The molecule has 1 atom stereocenters. The van der Waals surface area contributed by atoms with Crippen molar-refractivity contribution in [2.45, 2.75) is 17.4 Å². The maximum Gasteiger partial charge on any atom is 0.253 e. The molecule has 0 bridgehead atoms. The summed E-state index contributed by atoms with van der Waals surface area (Å²) in [7, 11) is 1.55. The summed E-state index contributed by atoms with van der Waals surface area (Å²) in [6, 6.07) is 14.8. The van der Waals surface area contributed by atoms with Gasteiger partial charge in [0.05, 0.1) is 35.3 Å². The third kappa shape index (κ3) is 4.06. The first kappa shape index (κ1) is 19.3. The number of carbonyl (C=O) groups excluding carboxylic acids is 1. The molecule has 2 aromatic heterocycles. The molecule has 1 aromatic carbocycles. The quantitative estimate of drug-likeness (QED) is 0.538. The molecule has 1 amide bonds. The van der Waals surface area contributed by atoms with E-state index in [1.807, 2.05) is 29.6 Å². The second-order valence-electron chi connectivity index (χ2n) is 6.26. The van der Waals surface area contributed by atoms with Crippen molar-refractivity contribution in [1.82, 2.24) is 5.01 Å². The summed E-state index contributed by atoms with van der Waals surface area (Å²) in [6.07, 6.45) is 2.21. The number of ether oxygens (including phenoxy) is 1. The standard InChI is InChI=1S/C21H17N3O3S2/c1-26-15-6-7-19(14(10-15)12-22)29-13-21(25)24-17(18-4-2-8-27-18)11-16(23-24)20-5-3-9-28-20/h2-10,17H,11,13H2,1H3. The molecule has 1 aliphatic heterocycles. The molecule has 3 heterocycles. The van der Waals surface area contributed by atoms with Crippen molar-refractivity contribution in [3.8, 4) is 11.8 Å². The van der Waals surface area contributed by atoms with E-state index in [9.17, 15) is 10.1 Å². The molecule has 0 N–H and O–H groups in total. The Hall–Kier alpha value is -3.02. The summed E-state index contributed by atoms with van der Waals surface area (Å²) in [5.74, 6) is 1.35. The van der Waals surface area contributed by atoms with E-state index in [2.05, 4.69) is 11.2 Å². The van der Waals surface area contributed by atoms with E-state index < -0.39 is 0 Å². The highest BCUT2D eigenvalue weighted by molar-refractivity contribution is 8.00. The van der Waals surface area contributed by atoms with Crippen LogP contribution in [0.5, 0.6) is 5.75 Å². The Labute approximate surface area is 176 Å². The van der Waals surface area contributed by atoms with Gasteiger partial charge < -0.3 is 9.15 Å². The van der Waals surface area contributed by atoms with E-state index >= 15 is 0 Å². The van der Waals surface area contributed by atoms with Gasteiger partial charge in [0.2, 0.25) is 0 Å². The normalized spacial score (nSPS) is 15.8. The summed E-state index contributed by atoms with van der Waals surface area (Å²) in [4.78, 5) is 14.8. The van der Waals surface area contributed by atoms with Crippen molar-refractivity contribution >= 4 is 34.7 Å². The molecule has 0 saturated carbocycles. The SMILES string of the molecule is COc1ccc(SCC(=O)N2N=C(c3cccs3)CC2c2ccco2)c(C#N)c1. The van der Waals surface area contributed by atoms with Gasteiger partial charge in [-0.05, 0) is 41.8 Å². The second kappa shape index (κ2) is 8.55. The van der Waals surface area contributed by atoms with E-state index in [1.54, 1.807) is 42.9 Å². The zero-order valence-corrected chi connectivity index (χ0v) is 17.2. The van der Waals surface area contributed by atoms with E-state index in [1.165, 1.54) is 16.8 Å². The van der Waals surface area contributed by atoms with Gasteiger partial charge >= 0.3 is 0 Å². The number of carbonyl (C=O) groups is 1. The van der Waals surface area contributed by atoms with Gasteiger partial charge in [0, 0.05) is 11.3 Å². The molecule has 0 aliphatic carbocycles. The zero-order valence-electron chi connectivity index (χ0n) is 15.6. The van der Waals surface area contributed by atoms with Crippen molar-refractivity contribution < 1.29 is 13.9 Å². The monoisotopic (exact) mass is 423 g/mol. The highest BCUT2D eigenvalue weighted by Crippen LogP contribution is 2.35. The Balaban J connectivity index is 1.53. The van der Waals surface area contributed by atoms with Crippen LogP contribution in [-0.2, 0) is 4.79 Å². The van der Waals surface area contributed by atoms with E-state index in [0.29, 0.717) is 23.5 Å². The van der Waals surface area contributed by atoms with Gasteiger partial charge in [-0.2, -0.15) is 10.4 Å². The third-order valence-electron chi connectivity index (χ3n) is 4.50. The Morgan fingerprint density at radius 3 is 3.00 bits per heavy atom. The average Bonchev–Trinajstić information content (AvgIpc) is 3.51.